The number of aromatic nitrogens is 2. The summed E-state index contributed by atoms with van der Waals surface area (Å²) in [5.41, 5.74) is 5.71. The zero-order chi connectivity index (χ0) is 11.5. The minimum atomic E-state index is -0.500. The van der Waals surface area contributed by atoms with Crippen molar-refractivity contribution >= 4 is 5.78 Å². The van der Waals surface area contributed by atoms with Crippen molar-refractivity contribution in [2.45, 2.75) is 33.7 Å². The van der Waals surface area contributed by atoms with Gasteiger partial charge in [-0.3, -0.25) is 9.48 Å². The first-order valence-corrected chi connectivity index (χ1v) is 5.28. The largest absolute Gasteiger partial charge is 0.329 e. The molecule has 0 atom stereocenters. The molecule has 0 bridgehead atoms. The Bertz CT molecular complexity index is 341. The van der Waals surface area contributed by atoms with Crippen LogP contribution >= 0.6 is 0 Å². The molecule has 1 heterocycles. The molecule has 0 saturated heterocycles. The van der Waals surface area contributed by atoms with E-state index in [1.165, 1.54) is 0 Å². The maximum absolute atomic E-state index is 12.0. The summed E-state index contributed by atoms with van der Waals surface area (Å²) in [6.45, 7) is 6.98. The molecule has 0 saturated carbocycles. The quantitative estimate of drug-likeness (QED) is 0.747. The van der Waals surface area contributed by atoms with Gasteiger partial charge in [-0.05, 0) is 6.42 Å². The third-order valence-electron chi connectivity index (χ3n) is 2.47. The Labute approximate surface area is 90.5 Å². The first-order valence-electron chi connectivity index (χ1n) is 5.28. The molecule has 84 valence electrons. The van der Waals surface area contributed by atoms with Crippen LogP contribution in [0.2, 0.25) is 0 Å². The van der Waals surface area contributed by atoms with E-state index in [4.69, 9.17) is 5.73 Å². The molecule has 1 aromatic heterocycles. The average molecular weight is 209 g/mol. The summed E-state index contributed by atoms with van der Waals surface area (Å²) >= 11 is 0. The minimum Gasteiger partial charge on any atom is -0.329 e. The van der Waals surface area contributed by atoms with Crippen LogP contribution in [0.15, 0.2) is 12.4 Å². The Morgan fingerprint density at radius 2 is 2.27 bits per heavy atom. The smallest absolute Gasteiger partial charge is 0.172 e. The molecule has 0 radical (unpaired) electrons. The number of nitrogens with two attached hydrogens (primary N) is 1. The van der Waals surface area contributed by atoms with Crippen LogP contribution in [0.1, 0.15) is 37.6 Å². The highest BCUT2D eigenvalue weighted by molar-refractivity contribution is 5.99. The number of nitrogens with zero attached hydrogens (tertiary/aromatic N) is 2. The molecule has 0 aliphatic carbocycles. The lowest BCUT2D eigenvalue weighted by molar-refractivity contribution is 0.0847. The van der Waals surface area contributed by atoms with E-state index in [1.807, 2.05) is 13.8 Å². The number of Topliss-reactive ketones (excluding diaryl/α,β-unsaturated/α-hetero) is 1. The van der Waals surface area contributed by atoms with Crippen LogP contribution in [-0.4, -0.2) is 22.1 Å². The van der Waals surface area contributed by atoms with Gasteiger partial charge < -0.3 is 5.73 Å². The van der Waals surface area contributed by atoms with Crippen molar-refractivity contribution in [1.29, 1.82) is 0 Å². The second kappa shape index (κ2) is 4.57. The Hall–Kier alpha value is -1.16. The van der Waals surface area contributed by atoms with Gasteiger partial charge in [0.1, 0.15) is 0 Å². The van der Waals surface area contributed by atoms with Crippen molar-refractivity contribution < 1.29 is 4.79 Å². The van der Waals surface area contributed by atoms with Crippen LogP contribution in [0.3, 0.4) is 0 Å². The first kappa shape index (κ1) is 11.9. The summed E-state index contributed by atoms with van der Waals surface area (Å²) in [4.78, 5) is 12.0. The van der Waals surface area contributed by atoms with Crippen LogP contribution < -0.4 is 5.73 Å². The zero-order valence-corrected chi connectivity index (χ0v) is 9.66. The number of carbonyl (C=O) groups excluding carboxylic acids is 1. The van der Waals surface area contributed by atoms with Crippen molar-refractivity contribution in [2.24, 2.45) is 11.1 Å². The SMILES string of the molecule is CCCn1cc(C(=O)C(C)(C)CN)cn1. The number of hydrogen-bond acceptors (Lipinski definition) is 3. The predicted molar refractivity (Wildman–Crippen MR) is 59.7 cm³/mol. The number of aryl methyl sites for hydroxylation is 1. The van der Waals surface area contributed by atoms with Gasteiger partial charge in [-0.2, -0.15) is 5.10 Å². The van der Waals surface area contributed by atoms with Crippen LogP contribution in [0.4, 0.5) is 0 Å². The molecule has 15 heavy (non-hydrogen) atoms. The molecule has 0 aliphatic heterocycles. The molecule has 4 nitrogen and oxygen atoms in total. The van der Waals surface area contributed by atoms with E-state index in [0.29, 0.717) is 12.1 Å². The van der Waals surface area contributed by atoms with E-state index in [9.17, 15) is 4.79 Å². The van der Waals surface area contributed by atoms with Gasteiger partial charge in [0.15, 0.2) is 5.78 Å². The third kappa shape index (κ3) is 2.65. The predicted octanol–water partition coefficient (Wildman–Crippen LogP) is 1.46. The second-order valence-corrected chi connectivity index (χ2v) is 4.41. The molecule has 0 aliphatic rings. The fourth-order valence-electron chi connectivity index (χ4n) is 1.32. The molecule has 0 aromatic carbocycles. The van der Waals surface area contributed by atoms with E-state index in [-0.39, 0.29) is 5.78 Å². The van der Waals surface area contributed by atoms with Gasteiger partial charge in [0, 0.05) is 24.7 Å². The van der Waals surface area contributed by atoms with Crippen molar-refractivity contribution in [3.05, 3.63) is 18.0 Å². The number of hydrogen-bond donors (Lipinski definition) is 1. The Balaban J connectivity index is 2.83. The van der Waals surface area contributed by atoms with E-state index in [1.54, 1.807) is 17.1 Å². The number of rotatable bonds is 5. The van der Waals surface area contributed by atoms with Crippen molar-refractivity contribution in [1.82, 2.24) is 9.78 Å². The summed E-state index contributed by atoms with van der Waals surface area (Å²) < 4.78 is 1.79. The van der Waals surface area contributed by atoms with E-state index >= 15 is 0 Å². The van der Waals surface area contributed by atoms with E-state index < -0.39 is 5.41 Å². The molecule has 2 N–H and O–H groups in total. The molecular weight excluding hydrogens is 190 g/mol. The lowest BCUT2D eigenvalue weighted by Crippen LogP contribution is -2.32. The number of ketones is 1. The van der Waals surface area contributed by atoms with Gasteiger partial charge in [-0.1, -0.05) is 20.8 Å². The fourth-order valence-corrected chi connectivity index (χ4v) is 1.32. The fraction of sp³-hybridized carbons (Fsp3) is 0.636. The van der Waals surface area contributed by atoms with Crippen LogP contribution in [0, 0.1) is 5.41 Å². The summed E-state index contributed by atoms with van der Waals surface area (Å²) in [6.07, 6.45) is 4.42. The number of carbonyl (C=O) groups is 1. The highest BCUT2D eigenvalue weighted by Gasteiger charge is 2.27. The summed E-state index contributed by atoms with van der Waals surface area (Å²) in [5, 5.41) is 4.13. The second-order valence-electron chi connectivity index (χ2n) is 4.41. The Kier molecular flexibility index (Phi) is 3.63. The third-order valence-corrected chi connectivity index (χ3v) is 2.47. The van der Waals surface area contributed by atoms with Crippen molar-refractivity contribution in [2.75, 3.05) is 6.54 Å². The Morgan fingerprint density at radius 3 is 2.80 bits per heavy atom. The average Bonchev–Trinajstić information content (AvgIpc) is 2.66. The van der Waals surface area contributed by atoms with Crippen LogP contribution in [-0.2, 0) is 6.54 Å². The first-order chi connectivity index (χ1) is 7.01. The molecule has 1 rings (SSSR count). The van der Waals surface area contributed by atoms with E-state index in [0.717, 1.165) is 13.0 Å². The lowest BCUT2D eigenvalue weighted by Gasteiger charge is -2.19. The van der Waals surface area contributed by atoms with Gasteiger partial charge in [0.05, 0.1) is 11.8 Å². The zero-order valence-electron chi connectivity index (χ0n) is 9.66. The topological polar surface area (TPSA) is 60.9 Å². The molecule has 0 amide bonds. The molecule has 1 aromatic rings. The van der Waals surface area contributed by atoms with Gasteiger partial charge in [0.2, 0.25) is 0 Å². The molecule has 0 fully saturated rings. The molecular formula is C11H19N3O. The molecule has 0 spiro atoms. The van der Waals surface area contributed by atoms with Crippen molar-refractivity contribution in [3.8, 4) is 0 Å². The van der Waals surface area contributed by atoms with Gasteiger partial charge in [0.25, 0.3) is 0 Å². The maximum atomic E-state index is 12.0. The van der Waals surface area contributed by atoms with Gasteiger partial charge >= 0.3 is 0 Å². The normalized spacial score (nSPS) is 11.7. The maximum Gasteiger partial charge on any atom is 0.172 e. The van der Waals surface area contributed by atoms with Crippen LogP contribution in [0.25, 0.3) is 0 Å². The Morgan fingerprint density at radius 1 is 1.60 bits per heavy atom. The standard InChI is InChI=1S/C11H19N3O/c1-4-5-14-7-9(6-13-14)10(15)11(2,3)8-12/h6-7H,4-5,8,12H2,1-3H3. The molecule has 4 heteroatoms. The van der Waals surface area contributed by atoms with E-state index in [2.05, 4.69) is 12.0 Å². The summed E-state index contributed by atoms with van der Waals surface area (Å²) in [6, 6.07) is 0. The van der Waals surface area contributed by atoms with Crippen LogP contribution in [0.5, 0.6) is 0 Å². The lowest BCUT2D eigenvalue weighted by atomic mass is 9.85. The summed E-state index contributed by atoms with van der Waals surface area (Å²) in [5.74, 6) is 0.0624. The minimum absolute atomic E-state index is 0.0624. The highest BCUT2D eigenvalue weighted by atomic mass is 16.1. The van der Waals surface area contributed by atoms with Gasteiger partial charge in [-0.15, -0.1) is 0 Å². The highest BCUT2D eigenvalue weighted by Crippen LogP contribution is 2.19. The summed E-state index contributed by atoms with van der Waals surface area (Å²) in [7, 11) is 0. The monoisotopic (exact) mass is 209 g/mol. The molecule has 0 unspecified atom stereocenters. The van der Waals surface area contributed by atoms with Gasteiger partial charge in [-0.25, -0.2) is 0 Å². The van der Waals surface area contributed by atoms with Crippen molar-refractivity contribution in [3.63, 3.8) is 0 Å².